The van der Waals surface area contributed by atoms with Crippen molar-refractivity contribution in [1.82, 2.24) is 0 Å². The quantitative estimate of drug-likeness (QED) is 0.608. The summed E-state index contributed by atoms with van der Waals surface area (Å²) < 4.78 is 5.45. The number of halogens is 1. The fourth-order valence-corrected chi connectivity index (χ4v) is 1.98. The number of rotatable bonds is 5. The third-order valence-corrected chi connectivity index (χ3v) is 3.17. The van der Waals surface area contributed by atoms with Crippen LogP contribution in [0.4, 0.5) is 0 Å². The molecule has 0 aliphatic carbocycles. The number of thioether (sulfide) groups is 1. The molecule has 0 atom stereocenters. The molecule has 0 saturated heterocycles. The summed E-state index contributed by atoms with van der Waals surface area (Å²) in [4.78, 5) is 12.2. The molecule has 0 radical (unpaired) electrons. The van der Waals surface area contributed by atoms with Crippen LogP contribution in [0.5, 0.6) is 5.75 Å². The number of hydrogen-bond acceptors (Lipinski definition) is 3. The predicted octanol–water partition coefficient (Wildman–Crippen LogP) is 4.27. The first-order valence-electron chi connectivity index (χ1n) is 5.73. The molecule has 0 aliphatic heterocycles. The molecule has 0 spiro atoms. The predicted molar refractivity (Wildman–Crippen MR) is 80.3 cm³/mol. The molecule has 0 unspecified atom stereocenters. The minimum absolute atomic E-state index is 0.0203. The summed E-state index contributed by atoms with van der Waals surface area (Å²) in [6.45, 7) is 0. The van der Waals surface area contributed by atoms with Crippen molar-refractivity contribution in [3.8, 4) is 5.75 Å². The summed E-state index contributed by atoms with van der Waals surface area (Å²) in [5, 5.41) is 0.623. The summed E-state index contributed by atoms with van der Waals surface area (Å²) in [6.07, 6.45) is 1.97. The minimum atomic E-state index is -0.0203. The number of hydrogen-bond donors (Lipinski definition) is 0. The Hall–Kier alpha value is -1.45. The van der Waals surface area contributed by atoms with Gasteiger partial charge in [-0.25, -0.2) is 0 Å². The molecule has 19 heavy (non-hydrogen) atoms. The molecule has 0 fully saturated rings. The highest BCUT2D eigenvalue weighted by molar-refractivity contribution is 7.98. The van der Waals surface area contributed by atoms with E-state index in [2.05, 4.69) is 0 Å². The lowest BCUT2D eigenvalue weighted by molar-refractivity contribution is 0.103. The van der Waals surface area contributed by atoms with Crippen LogP contribution in [0.3, 0.4) is 0 Å². The number of carbonyl (C=O) groups excluding carboxylic acids is 1. The number of benzene rings is 2. The standard InChI is InChI=1S/C15H13ClO2S/c1-19-10-18-14-8-4-12(5-9-14)15(17)11-2-6-13(16)7-3-11/h2-9H,10H2,1H3. The molecule has 4 heteroatoms. The number of carbonyl (C=O) groups is 1. The van der Waals surface area contributed by atoms with Gasteiger partial charge in [-0.2, -0.15) is 0 Å². The minimum Gasteiger partial charge on any atom is -0.483 e. The topological polar surface area (TPSA) is 26.3 Å². The van der Waals surface area contributed by atoms with Gasteiger partial charge >= 0.3 is 0 Å². The maximum Gasteiger partial charge on any atom is 0.193 e. The average Bonchev–Trinajstić information content (AvgIpc) is 2.46. The molecule has 2 rings (SSSR count). The highest BCUT2D eigenvalue weighted by atomic mass is 35.5. The van der Waals surface area contributed by atoms with Crippen molar-refractivity contribution >= 4 is 29.1 Å². The Morgan fingerprint density at radius 1 is 1.05 bits per heavy atom. The Kier molecular flexibility index (Phi) is 4.88. The van der Waals surface area contributed by atoms with Crippen LogP contribution in [-0.4, -0.2) is 18.0 Å². The Labute approximate surface area is 121 Å². The third kappa shape index (κ3) is 3.75. The van der Waals surface area contributed by atoms with Gasteiger partial charge in [0, 0.05) is 16.1 Å². The molecule has 0 aliphatic rings. The van der Waals surface area contributed by atoms with Crippen LogP contribution in [0.2, 0.25) is 5.02 Å². The van der Waals surface area contributed by atoms with E-state index < -0.39 is 0 Å². The van der Waals surface area contributed by atoms with Crippen LogP contribution in [0.15, 0.2) is 48.5 Å². The molecule has 0 bridgehead atoms. The summed E-state index contributed by atoms with van der Waals surface area (Å²) in [5.74, 6) is 1.35. The normalized spacial score (nSPS) is 10.2. The maximum absolute atomic E-state index is 12.2. The van der Waals surface area contributed by atoms with Gasteiger partial charge in [0.25, 0.3) is 0 Å². The van der Waals surface area contributed by atoms with Crippen molar-refractivity contribution in [3.05, 3.63) is 64.7 Å². The Morgan fingerprint density at radius 3 is 2.11 bits per heavy atom. The van der Waals surface area contributed by atoms with Crippen molar-refractivity contribution in [3.63, 3.8) is 0 Å². The van der Waals surface area contributed by atoms with Crippen LogP contribution >= 0.6 is 23.4 Å². The smallest absolute Gasteiger partial charge is 0.193 e. The van der Waals surface area contributed by atoms with Crippen LogP contribution in [0.25, 0.3) is 0 Å². The van der Waals surface area contributed by atoms with E-state index in [0.717, 1.165) is 5.75 Å². The van der Waals surface area contributed by atoms with E-state index in [1.54, 1.807) is 60.3 Å². The van der Waals surface area contributed by atoms with E-state index in [4.69, 9.17) is 16.3 Å². The monoisotopic (exact) mass is 292 g/mol. The molecule has 2 nitrogen and oxygen atoms in total. The van der Waals surface area contributed by atoms with E-state index in [0.29, 0.717) is 22.1 Å². The van der Waals surface area contributed by atoms with Crippen LogP contribution < -0.4 is 4.74 Å². The Bertz CT molecular complexity index is 549. The van der Waals surface area contributed by atoms with E-state index in [9.17, 15) is 4.79 Å². The van der Waals surface area contributed by atoms with Gasteiger partial charge in [-0.3, -0.25) is 4.79 Å². The molecule has 0 heterocycles. The van der Waals surface area contributed by atoms with Gasteiger partial charge < -0.3 is 4.74 Å². The lowest BCUT2D eigenvalue weighted by Crippen LogP contribution is -2.01. The van der Waals surface area contributed by atoms with E-state index in [-0.39, 0.29) is 5.78 Å². The summed E-state index contributed by atoms with van der Waals surface area (Å²) in [6, 6.07) is 14.0. The maximum atomic E-state index is 12.2. The Balaban J connectivity index is 2.13. The fraction of sp³-hybridized carbons (Fsp3) is 0.133. The fourth-order valence-electron chi connectivity index (χ4n) is 1.60. The highest BCUT2D eigenvalue weighted by Crippen LogP contribution is 2.17. The van der Waals surface area contributed by atoms with E-state index >= 15 is 0 Å². The zero-order valence-corrected chi connectivity index (χ0v) is 12.0. The first-order valence-corrected chi connectivity index (χ1v) is 7.50. The van der Waals surface area contributed by atoms with Crippen molar-refractivity contribution in [2.24, 2.45) is 0 Å². The summed E-state index contributed by atoms with van der Waals surface area (Å²) >= 11 is 7.41. The first-order chi connectivity index (χ1) is 9.20. The van der Waals surface area contributed by atoms with Crippen LogP contribution in [0, 0.1) is 0 Å². The Morgan fingerprint density at radius 2 is 1.58 bits per heavy atom. The summed E-state index contributed by atoms with van der Waals surface area (Å²) in [7, 11) is 0. The molecule has 0 N–H and O–H groups in total. The average molecular weight is 293 g/mol. The molecule has 0 aromatic heterocycles. The second-order valence-electron chi connectivity index (χ2n) is 3.91. The first kappa shape index (κ1) is 14.0. The van der Waals surface area contributed by atoms with Gasteiger partial charge in [0.2, 0.25) is 0 Å². The number of ether oxygens (including phenoxy) is 1. The summed E-state index contributed by atoms with van der Waals surface area (Å²) in [5.41, 5.74) is 1.26. The number of ketones is 1. The van der Waals surface area contributed by atoms with Gasteiger partial charge in [0.1, 0.15) is 11.7 Å². The largest absolute Gasteiger partial charge is 0.483 e. The third-order valence-electron chi connectivity index (χ3n) is 2.57. The zero-order valence-electron chi connectivity index (χ0n) is 10.4. The van der Waals surface area contributed by atoms with Crippen molar-refractivity contribution < 1.29 is 9.53 Å². The molecular weight excluding hydrogens is 280 g/mol. The van der Waals surface area contributed by atoms with Gasteiger partial charge in [-0.1, -0.05) is 11.6 Å². The van der Waals surface area contributed by atoms with E-state index in [1.807, 2.05) is 6.26 Å². The lowest BCUT2D eigenvalue weighted by Gasteiger charge is -2.05. The van der Waals surface area contributed by atoms with Crippen molar-refractivity contribution in [1.29, 1.82) is 0 Å². The molecule has 2 aromatic carbocycles. The van der Waals surface area contributed by atoms with Crippen molar-refractivity contribution in [2.75, 3.05) is 12.2 Å². The molecular formula is C15H13ClO2S. The van der Waals surface area contributed by atoms with Gasteiger partial charge in [0.15, 0.2) is 5.78 Å². The van der Waals surface area contributed by atoms with Crippen molar-refractivity contribution in [2.45, 2.75) is 0 Å². The second-order valence-corrected chi connectivity index (χ2v) is 5.16. The van der Waals surface area contributed by atoms with Crippen LogP contribution in [0.1, 0.15) is 15.9 Å². The van der Waals surface area contributed by atoms with Gasteiger partial charge in [0.05, 0.1) is 0 Å². The highest BCUT2D eigenvalue weighted by Gasteiger charge is 2.08. The SMILES string of the molecule is CSCOc1ccc(C(=O)c2ccc(Cl)cc2)cc1. The van der Waals surface area contributed by atoms with Crippen LogP contribution in [-0.2, 0) is 0 Å². The van der Waals surface area contributed by atoms with E-state index in [1.165, 1.54) is 0 Å². The molecule has 2 aromatic rings. The lowest BCUT2D eigenvalue weighted by atomic mass is 10.0. The molecule has 0 amide bonds. The molecule has 0 saturated carbocycles. The van der Waals surface area contributed by atoms with Gasteiger partial charge in [-0.05, 0) is 54.8 Å². The second kappa shape index (κ2) is 6.64. The zero-order chi connectivity index (χ0) is 13.7. The van der Waals surface area contributed by atoms with Gasteiger partial charge in [-0.15, -0.1) is 11.8 Å². The molecule has 98 valence electrons.